The third-order valence-electron chi connectivity index (χ3n) is 2.45. The van der Waals surface area contributed by atoms with Crippen molar-refractivity contribution in [2.45, 2.75) is 6.92 Å². The monoisotopic (exact) mass is 373 g/mol. The number of nitrogens with zero attached hydrogens (tertiary/aromatic N) is 1. The lowest BCUT2D eigenvalue weighted by atomic mass is 10.1. The fourth-order valence-electron chi connectivity index (χ4n) is 1.65. The Kier molecular flexibility index (Phi) is 4.71. The van der Waals surface area contributed by atoms with Crippen molar-refractivity contribution in [1.82, 2.24) is 3.97 Å². The van der Waals surface area contributed by atoms with Crippen LogP contribution in [0.5, 0.6) is 0 Å². The van der Waals surface area contributed by atoms with Gasteiger partial charge in [-0.15, -0.1) is 0 Å². The number of carbonyl (C=O) groups is 1. The quantitative estimate of drug-likeness (QED) is 0.460. The van der Waals surface area contributed by atoms with Crippen molar-refractivity contribution in [2.24, 2.45) is 0 Å². The molecule has 0 amide bonds. The van der Waals surface area contributed by atoms with Gasteiger partial charge in [0.05, 0.1) is 12.1 Å². The highest BCUT2D eigenvalue weighted by Gasteiger charge is 2.01. The molecule has 18 heavy (non-hydrogen) atoms. The summed E-state index contributed by atoms with van der Waals surface area (Å²) in [6.45, 7) is 2.19. The Morgan fingerprint density at radius 2 is 2.33 bits per heavy atom. The molecule has 0 bridgehead atoms. The number of aromatic nitrogens is 1. The van der Waals surface area contributed by atoms with Crippen molar-refractivity contribution >= 4 is 53.3 Å². The summed E-state index contributed by atoms with van der Waals surface area (Å²) in [5, 5.41) is 1.16. The lowest BCUT2D eigenvalue weighted by molar-refractivity contribution is -0.137. The van der Waals surface area contributed by atoms with Crippen LogP contribution in [-0.2, 0) is 9.53 Å². The zero-order valence-corrected chi connectivity index (χ0v) is 12.8. The van der Waals surface area contributed by atoms with Crippen LogP contribution < -0.4 is 0 Å². The molecule has 1 heterocycles. The second kappa shape index (κ2) is 6.29. The van der Waals surface area contributed by atoms with Crippen LogP contribution in [0, 0.1) is 0 Å². The van der Waals surface area contributed by atoms with Crippen molar-refractivity contribution in [3.05, 3.63) is 42.1 Å². The van der Waals surface area contributed by atoms with Crippen LogP contribution in [0.2, 0.25) is 0 Å². The van der Waals surface area contributed by atoms with Gasteiger partial charge in [0.15, 0.2) is 0 Å². The molecule has 94 valence electrons. The minimum absolute atomic E-state index is 0.307. The molecule has 0 saturated heterocycles. The highest BCUT2D eigenvalue weighted by atomic mass is 127. The van der Waals surface area contributed by atoms with E-state index in [0.29, 0.717) is 6.61 Å². The van der Waals surface area contributed by atoms with E-state index in [-0.39, 0.29) is 5.97 Å². The minimum Gasteiger partial charge on any atom is -0.463 e. The number of fused-ring (bicyclic) bond motifs is 1. The lowest BCUT2D eigenvalue weighted by Gasteiger charge is -1.99. The number of hydrogen-bond acceptors (Lipinski definition) is 3. The van der Waals surface area contributed by atoms with Crippen LogP contribution in [0.4, 0.5) is 0 Å². The van der Waals surface area contributed by atoms with Gasteiger partial charge in [0.25, 0.3) is 0 Å². The molecule has 0 fully saturated rings. The summed E-state index contributed by atoms with van der Waals surface area (Å²) in [5.41, 5.74) is 2.16. The topological polar surface area (TPSA) is 31.2 Å². The Bertz CT molecular complexity index is 592. The first kappa shape index (κ1) is 13.5. The second-order valence-electron chi connectivity index (χ2n) is 3.61. The van der Waals surface area contributed by atoms with Gasteiger partial charge < -0.3 is 4.74 Å². The molecule has 1 aromatic carbocycles. The standard InChI is InChI=1S/C13H12INO2S/c1-2-17-13(16)6-4-10-3-5-12-11(9-10)7-8-15(12)18-14/h3-9H,2H2,1H3/b6-4+. The van der Waals surface area contributed by atoms with E-state index >= 15 is 0 Å². The van der Waals surface area contributed by atoms with E-state index in [9.17, 15) is 4.79 Å². The molecule has 0 saturated carbocycles. The summed E-state index contributed by atoms with van der Waals surface area (Å²) in [6, 6.07) is 8.14. The van der Waals surface area contributed by atoms with E-state index < -0.39 is 0 Å². The Balaban J connectivity index is 2.23. The molecular formula is C13H12INO2S. The van der Waals surface area contributed by atoms with Crippen LogP contribution in [0.15, 0.2) is 36.5 Å². The maximum absolute atomic E-state index is 11.2. The highest BCUT2D eigenvalue weighted by molar-refractivity contribution is 14.2. The largest absolute Gasteiger partial charge is 0.463 e. The first-order chi connectivity index (χ1) is 8.74. The Hall–Kier alpha value is -0.950. The zero-order valence-electron chi connectivity index (χ0n) is 9.80. The summed E-state index contributed by atoms with van der Waals surface area (Å²) in [6.07, 6.45) is 5.25. The Morgan fingerprint density at radius 1 is 1.50 bits per heavy atom. The maximum atomic E-state index is 11.2. The number of carbonyl (C=O) groups excluding carboxylic acids is 1. The van der Waals surface area contributed by atoms with Gasteiger partial charge in [0, 0.05) is 48.0 Å². The average Bonchev–Trinajstić information content (AvgIpc) is 2.79. The van der Waals surface area contributed by atoms with Crippen LogP contribution in [0.1, 0.15) is 12.5 Å². The highest BCUT2D eigenvalue weighted by Crippen LogP contribution is 2.25. The van der Waals surface area contributed by atoms with E-state index in [2.05, 4.69) is 37.3 Å². The number of rotatable bonds is 4. The predicted molar refractivity (Wildman–Crippen MR) is 84.6 cm³/mol. The van der Waals surface area contributed by atoms with E-state index in [1.165, 1.54) is 11.6 Å². The maximum Gasteiger partial charge on any atom is 0.330 e. The molecular weight excluding hydrogens is 361 g/mol. The smallest absolute Gasteiger partial charge is 0.330 e. The molecule has 1 aromatic heterocycles. The van der Waals surface area contributed by atoms with Gasteiger partial charge in [-0.25, -0.2) is 4.79 Å². The molecule has 0 aliphatic heterocycles. The zero-order chi connectivity index (χ0) is 13.0. The lowest BCUT2D eigenvalue weighted by Crippen LogP contribution is -1.98. The fourth-order valence-corrected chi connectivity index (χ4v) is 3.03. The van der Waals surface area contributed by atoms with Gasteiger partial charge in [-0.1, -0.05) is 6.07 Å². The van der Waals surface area contributed by atoms with E-state index in [1.54, 1.807) is 22.1 Å². The Morgan fingerprint density at radius 3 is 3.06 bits per heavy atom. The SMILES string of the molecule is CCOC(=O)/C=C/c1ccc2c(ccn2SI)c1. The van der Waals surface area contributed by atoms with Gasteiger partial charge in [-0.05, 0) is 36.8 Å². The summed E-state index contributed by atoms with van der Waals surface area (Å²) in [7, 11) is 1.63. The van der Waals surface area contributed by atoms with Crippen LogP contribution >= 0.6 is 30.3 Å². The van der Waals surface area contributed by atoms with E-state index in [4.69, 9.17) is 4.74 Å². The van der Waals surface area contributed by atoms with Gasteiger partial charge in [0.2, 0.25) is 0 Å². The fraction of sp³-hybridized carbons (Fsp3) is 0.154. The molecule has 0 unspecified atom stereocenters. The minimum atomic E-state index is -0.307. The molecule has 0 atom stereocenters. The normalized spacial score (nSPS) is 11.2. The molecule has 0 radical (unpaired) electrons. The summed E-state index contributed by atoms with van der Waals surface area (Å²) in [5.74, 6) is -0.307. The second-order valence-corrected chi connectivity index (χ2v) is 5.33. The van der Waals surface area contributed by atoms with Crippen molar-refractivity contribution < 1.29 is 9.53 Å². The Labute approximate surface area is 122 Å². The number of esters is 1. The number of benzene rings is 1. The molecule has 0 N–H and O–H groups in total. The first-order valence-corrected chi connectivity index (χ1v) is 8.81. The van der Waals surface area contributed by atoms with Crippen LogP contribution in [-0.4, -0.2) is 16.5 Å². The molecule has 0 spiro atoms. The van der Waals surface area contributed by atoms with Crippen molar-refractivity contribution in [3.63, 3.8) is 0 Å². The third-order valence-corrected chi connectivity index (χ3v) is 4.19. The number of halogens is 1. The molecule has 2 rings (SSSR count). The summed E-state index contributed by atoms with van der Waals surface area (Å²) in [4.78, 5) is 11.2. The molecule has 2 aromatic rings. The van der Waals surface area contributed by atoms with Gasteiger partial charge in [-0.3, -0.25) is 3.97 Å². The van der Waals surface area contributed by atoms with Crippen molar-refractivity contribution in [3.8, 4) is 0 Å². The first-order valence-electron chi connectivity index (χ1n) is 5.49. The number of hydrogen-bond donors (Lipinski definition) is 0. The molecule has 5 heteroatoms. The number of ether oxygens (including phenoxy) is 1. The molecule has 3 nitrogen and oxygen atoms in total. The van der Waals surface area contributed by atoms with Crippen LogP contribution in [0.25, 0.3) is 17.0 Å². The third kappa shape index (κ3) is 3.08. The summed E-state index contributed by atoms with van der Waals surface area (Å²) < 4.78 is 6.93. The van der Waals surface area contributed by atoms with Gasteiger partial charge in [-0.2, -0.15) is 0 Å². The van der Waals surface area contributed by atoms with Gasteiger partial charge in [0.1, 0.15) is 0 Å². The van der Waals surface area contributed by atoms with Crippen LogP contribution in [0.3, 0.4) is 0 Å². The molecule has 0 aliphatic carbocycles. The van der Waals surface area contributed by atoms with Crippen molar-refractivity contribution in [2.75, 3.05) is 6.61 Å². The van der Waals surface area contributed by atoms with Crippen molar-refractivity contribution in [1.29, 1.82) is 0 Å². The molecule has 0 aliphatic rings. The van der Waals surface area contributed by atoms with E-state index in [0.717, 1.165) is 10.9 Å². The predicted octanol–water partition coefficient (Wildman–Crippen LogP) is 4.06. The van der Waals surface area contributed by atoms with E-state index in [1.807, 2.05) is 18.3 Å². The van der Waals surface area contributed by atoms with Gasteiger partial charge >= 0.3 is 5.97 Å². The summed E-state index contributed by atoms with van der Waals surface area (Å²) >= 11 is 2.25. The average molecular weight is 373 g/mol.